The SMILES string of the molecule is O=C1CCC(N2Cc3cc(O[C@H]4CCC[C@H]4N4CCCC5(CCC5)C4)ccc3C2=O)C(=O)N1. The summed E-state index contributed by atoms with van der Waals surface area (Å²) >= 11 is 0. The van der Waals surface area contributed by atoms with Crippen LogP contribution >= 0.6 is 0 Å². The molecule has 176 valence electrons. The number of hydrogen-bond donors (Lipinski definition) is 1. The maximum absolute atomic E-state index is 12.9. The molecule has 3 amide bonds. The molecule has 0 bridgehead atoms. The minimum atomic E-state index is -0.580. The van der Waals surface area contributed by atoms with E-state index in [1.54, 1.807) is 4.90 Å². The van der Waals surface area contributed by atoms with Crippen molar-refractivity contribution >= 4 is 17.7 Å². The van der Waals surface area contributed by atoms with E-state index >= 15 is 0 Å². The molecular weight excluding hydrogens is 418 g/mol. The normalized spacial score (nSPS) is 31.5. The van der Waals surface area contributed by atoms with Crippen molar-refractivity contribution in [1.82, 2.24) is 15.1 Å². The van der Waals surface area contributed by atoms with Gasteiger partial charge < -0.3 is 9.64 Å². The van der Waals surface area contributed by atoms with Gasteiger partial charge in [0, 0.05) is 31.1 Å². The molecule has 3 atom stereocenters. The van der Waals surface area contributed by atoms with Crippen molar-refractivity contribution in [2.45, 2.75) is 88.9 Å². The molecular formula is C26H33N3O4. The number of nitrogens with one attached hydrogen (secondary N) is 1. The van der Waals surface area contributed by atoms with Gasteiger partial charge in [0.1, 0.15) is 17.9 Å². The van der Waals surface area contributed by atoms with Crippen LogP contribution in [0.2, 0.25) is 0 Å². The Balaban J connectivity index is 1.14. The van der Waals surface area contributed by atoms with Crippen LogP contribution in [-0.4, -0.2) is 58.8 Å². The highest BCUT2D eigenvalue weighted by Crippen LogP contribution is 2.48. The molecule has 2 aliphatic carbocycles. The molecule has 2 saturated carbocycles. The molecule has 1 aromatic rings. The van der Waals surface area contributed by atoms with Crippen molar-refractivity contribution in [3.63, 3.8) is 0 Å². The van der Waals surface area contributed by atoms with Crippen LogP contribution in [0.3, 0.4) is 0 Å². The van der Waals surface area contributed by atoms with E-state index in [4.69, 9.17) is 4.74 Å². The monoisotopic (exact) mass is 451 g/mol. The van der Waals surface area contributed by atoms with Gasteiger partial charge in [-0.25, -0.2) is 0 Å². The molecule has 7 nitrogen and oxygen atoms in total. The first kappa shape index (κ1) is 21.1. The fraction of sp³-hybridized carbons (Fsp3) is 0.654. The van der Waals surface area contributed by atoms with Gasteiger partial charge in [0.05, 0.1) is 0 Å². The zero-order valence-corrected chi connectivity index (χ0v) is 19.2. The van der Waals surface area contributed by atoms with Crippen LogP contribution in [0.25, 0.3) is 0 Å². The van der Waals surface area contributed by atoms with Crippen LogP contribution in [0, 0.1) is 5.41 Å². The van der Waals surface area contributed by atoms with Crippen molar-refractivity contribution in [2.24, 2.45) is 5.41 Å². The lowest BCUT2D eigenvalue weighted by Crippen LogP contribution is -2.53. The molecule has 1 aromatic carbocycles. The van der Waals surface area contributed by atoms with Crippen LogP contribution in [-0.2, 0) is 16.1 Å². The largest absolute Gasteiger partial charge is 0.489 e. The Bertz CT molecular complexity index is 988. The smallest absolute Gasteiger partial charge is 0.255 e. The average molecular weight is 452 g/mol. The van der Waals surface area contributed by atoms with Crippen molar-refractivity contribution < 1.29 is 19.1 Å². The number of fused-ring (bicyclic) bond motifs is 1. The molecule has 0 radical (unpaired) electrons. The van der Waals surface area contributed by atoms with E-state index in [0.29, 0.717) is 30.0 Å². The number of piperidine rings is 2. The Kier molecular flexibility index (Phi) is 5.20. The van der Waals surface area contributed by atoms with E-state index in [2.05, 4.69) is 10.2 Å². The van der Waals surface area contributed by atoms with Crippen molar-refractivity contribution in [3.8, 4) is 5.75 Å². The summed E-state index contributed by atoms with van der Waals surface area (Å²) in [6, 6.07) is 5.64. The Morgan fingerprint density at radius 1 is 1.00 bits per heavy atom. The summed E-state index contributed by atoms with van der Waals surface area (Å²) in [6.07, 6.45) is 11.2. The quantitative estimate of drug-likeness (QED) is 0.712. The second kappa shape index (κ2) is 8.12. The third-order valence-electron chi connectivity index (χ3n) is 8.77. The third kappa shape index (κ3) is 3.74. The van der Waals surface area contributed by atoms with Crippen molar-refractivity contribution in [1.29, 1.82) is 0 Å². The van der Waals surface area contributed by atoms with Gasteiger partial charge in [-0.1, -0.05) is 6.42 Å². The number of rotatable bonds is 4. The number of amides is 3. The van der Waals surface area contributed by atoms with Crippen LogP contribution in [0.4, 0.5) is 0 Å². The standard InChI is InChI=1S/C26H33N3O4/c30-23-9-8-21(24(31)27-23)29-15-17-14-18(6-7-19(17)25(29)32)33-22-5-1-4-20(22)28-13-3-12-26(16-28)10-2-11-26/h6-7,14,20-22H,1-5,8-13,15-16H2,(H,27,30,31)/t20-,21?,22+/m1/s1. The summed E-state index contributed by atoms with van der Waals surface area (Å²) in [5.41, 5.74) is 2.12. The lowest BCUT2D eigenvalue weighted by Gasteiger charge is -2.51. The zero-order valence-electron chi connectivity index (χ0n) is 19.2. The van der Waals surface area contributed by atoms with Crippen molar-refractivity contribution in [2.75, 3.05) is 13.1 Å². The number of carbonyl (C=O) groups is 3. The second-order valence-corrected chi connectivity index (χ2v) is 10.8. The molecule has 7 heteroatoms. The Labute approximate surface area is 194 Å². The highest BCUT2D eigenvalue weighted by atomic mass is 16.5. The second-order valence-electron chi connectivity index (χ2n) is 10.8. The van der Waals surface area contributed by atoms with Crippen LogP contribution < -0.4 is 10.1 Å². The molecule has 1 N–H and O–H groups in total. The van der Waals surface area contributed by atoms with Gasteiger partial charge in [-0.3, -0.25) is 24.6 Å². The van der Waals surface area contributed by atoms with E-state index in [-0.39, 0.29) is 30.2 Å². The van der Waals surface area contributed by atoms with E-state index in [0.717, 1.165) is 17.7 Å². The number of nitrogens with zero attached hydrogens (tertiary/aromatic N) is 2. The number of ether oxygens (including phenoxy) is 1. The molecule has 1 spiro atoms. The molecule has 33 heavy (non-hydrogen) atoms. The lowest BCUT2D eigenvalue weighted by molar-refractivity contribution is -0.136. The van der Waals surface area contributed by atoms with Gasteiger partial charge in [-0.05, 0) is 87.1 Å². The highest BCUT2D eigenvalue weighted by Gasteiger charge is 2.45. The van der Waals surface area contributed by atoms with Gasteiger partial charge in [0.25, 0.3) is 5.91 Å². The van der Waals surface area contributed by atoms with E-state index in [1.165, 1.54) is 58.0 Å². The summed E-state index contributed by atoms with van der Waals surface area (Å²) in [4.78, 5) is 41.0. The summed E-state index contributed by atoms with van der Waals surface area (Å²) in [6.45, 7) is 2.81. The first-order chi connectivity index (χ1) is 16.0. The maximum Gasteiger partial charge on any atom is 0.255 e. The number of carbonyl (C=O) groups excluding carboxylic acids is 3. The minimum absolute atomic E-state index is 0.135. The van der Waals surface area contributed by atoms with Gasteiger partial charge in [-0.2, -0.15) is 0 Å². The molecule has 5 aliphatic rings. The molecule has 1 unspecified atom stereocenters. The zero-order chi connectivity index (χ0) is 22.6. The number of likely N-dealkylation sites (tertiary alicyclic amines) is 1. The summed E-state index contributed by atoms with van der Waals surface area (Å²) < 4.78 is 6.54. The fourth-order valence-corrected chi connectivity index (χ4v) is 6.87. The first-order valence-corrected chi connectivity index (χ1v) is 12.7. The van der Waals surface area contributed by atoms with Gasteiger partial charge in [-0.15, -0.1) is 0 Å². The van der Waals surface area contributed by atoms with Crippen LogP contribution in [0.1, 0.15) is 80.1 Å². The van der Waals surface area contributed by atoms with Crippen molar-refractivity contribution in [3.05, 3.63) is 29.3 Å². The molecule has 3 aliphatic heterocycles. The number of benzene rings is 1. The van der Waals surface area contributed by atoms with Crippen LogP contribution in [0.5, 0.6) is 5.75 Å². The number of imide groups is 1. The lowest BCUT2D eigenvalue weighted by atomic mass is 9.64. The van der Waals surface area contributed by atoms with Gasteiger partial charge in [0.15, 0.2) is 0 Å². The molecule has 0 aromatic heterocycles. The van der Waals surface area contributed by atoms with Crippen LogP contribution in [0.15, 0.2) is 18.2 Å². The predicted molar refractivity (Wildman–Crippen MR) is 122 cm³/mol. The highest BCUT2D eigenvalue weighted by molar-refractivity contribution is 6.05. The average Bonchev–Trinajstić information content (AvgIpc) is 3.37. The van der Waals surface area contributed by atoms with Gasteiger partial charge >= 0.3 is 0 Å². The molecule has 2 saturated heterocycles. The molecule has 4 fully saturated rings. The Hall–Kier alpha value is -2.41. The number of hydrogen-bond acceptors (Lipinski definition) is 5. The summed E-state index contributed by atoms with van der Waals surface area (Å²) in [5, 5.41) is 2.36. The minimum Gasteiger partial charge on any atom is -0.489 e. The Morgan fingerprint density at radius 2 is 1.85 bits per heavy atom. The third-order valence-corrected chi connectivity index (χ3v) is 8.77. The first-order valence-electron chi connectivity index (χ1n) is 12.7. The topological polar surface area (TPSA) is 79.0 Å². The maximum atomic E-state index is 12.9. The molecule has 3 heterocycles. The predicted octanol–water partition coefficient (Wildman–Crippen LogP) is 3.01. The van der Waals surface area contributed by atoms with Gasteiger partial charge in [0.2, 0.25) is 11.8 Å². The van der Waals surface area contributed by atoms with E-state index in [9.17, 15) is 14.4 Å². The fourth-order valence-electron chi connectivity index (χ4n) is 6.87. The Morgan fingerprint density at radius 3 is 2.64 bits per heavy atom. The summed E-state index contributed by atoms with van der Waals surface area (Å²) in [7, 11) is 0. The molecule has 6 rings (SSSR count). The van der Waals surface area contributed by atoms with E-state index < -0.39 is 6.04 Å². The summed E-state index contributed by atoms with van der Waals surface area (Å²) in [5.74, 6) is 0.0467. The van der Waals surface area contributed by atoms with E-state index in [1.807, 2.05) is 18.2 Å².